The summed E-state index contributed by atoms with van der Waals surface area (Å²) >= 11 is 8.49. The van der Waals surface area contributed by atoms with Crippen LogP contribution in [0.1, 0.15) is 6.42 Å². The molecule has 0 amide bonds. The quantitative estimate of drug-likeness (QED) is 0.490. The van der Waals surface area contributed by atoms with E-state index in [1.54, 1.807) is 0 Å². The van der Waals surface area contributed by atoms with Gasteiger partial charge in [-0.25, -0.2) is 0 Å². The van der Waals surface area contributed by atoms with Crippen LogP contribution in [0.25, 0.3) is 0 Å². The van der Waals surface area contributed by atoms with Crippen molar-refractivity contribution in [1.82, 2.24) is 0 Å². The fourth-order valence-electron chi connectivity index (χ4n) is 0.790. The van der Waals surface area contributed by atoms with Crippen molar-refractivity contribution < 1.29 is 4.74 Å². The van der Waals surface area contributed by atoms with Crippen LogP contribution >= 0.6 is 25.3 Å². The van der Waals surface area contributed by atoms with Gasteiger partial charge in [0.25, 0.3) is 0 Å². The third-order valence-electron chi connectivity index (χ3n) is 1.16. The normalized spacial score (nSPS) is 39.8. The summed E-state index contributed by atoms with van der Waals surface area (Å²) in [5, 5.41) is 0.817. The molecule has 2 unspecified atom stereocenters. The summed E-state index contributed by atoms with van der Waals surface area (Å²) in [4.78, 5) is 0. The van der Waals surface area contributed by atoms with Gasteiger partial charge >= 0.3 is 0 Å². The van der Waals surface area contributed by atoms with E-state index in [0.29, 0.717) is 10.5 Å². The summed E-state index contributed by atoms with van der Waals surface area (Å²) in [6, 6.07) is 0. The highest BCUT2D eigenvalue weighted by atomic mass is 32.1. The molecule has 0 aromatic rings. The summed E-state index contributed by atoms with van der Waals surface area (Å²) in [6.45, 7) is 1.58. The number of ether oxygens (including phenoxy) is 1. The number of thiol groups is 2. The van der Waals surface area contributed by atoms with E-state index in [0.717, 1.165) is 19.6 Å². The Morgan fingerprint density at radius 1 is 1.12 bits per heavy atom. The first-order valence-electron chi connectivity index (χ1n) is 2.73. The zero-order chi connectivity index (χ0) is 5.98. The maximum atomic E-state index is 5.14. The largest absolute Gasteiger partial charge is 0.379 e. The lowest BCUT2D eigenvalue weighted by atomic mass is 10.2. The Labute approximate surface area is 60.6 Å². The third-order valence-corrected chi connectivity index (χ3v) is 1.88. The Hall–Kier alpha value is 0.660. The van der Waals surface area contributed by atoms with E-state index in [-0.39, 0.29) is 0 Å². The topological polar surface area (TPSA) is 9.23 Å². The molecule has 3 heteroatoms. The van der Waals surface area contributed by atoms with E-state index in [4.69, 9.17) is 4.74 Å². The van der Waals surface area contributed by atoms with Gasteiger partial charge in [0.1, 0.15) is 0 Å². The van der Waals surface area contributed by atoms with Gasteiger partial charge in [0.15, 0.2) is 0 Å². The summed E-state index contributed by atoms with van der Waals surface area (Å²) < 4.78 is 5.14. The van der Waals surface area contributed by atoms with E-state index in [2.05, 4.69) is 25.3 Å². The summed E-state index contributed by atoms with van der Waals surface area (Å²) in [7, 11) is 0. The lowest BCUT2D eigenvalue weighted by molar-refractivity contribution is 0.107. The van der Waals surface area contributed by atoms with Crippen molar-refractivity contribution in [2.75, 3.05) is 13.2 Å². The van der Waals surface area contributed by atoms with Crippen molar-refractivity contribution in [3.8, 4) is 0 Å². The molecule has 0 bridgehead atoms. The van der Waals surface area contributed by atoms with Crippen LogP contribution in [0.5, 0.6) is 0 Å². The average Bonchev–Trinajstić information content (AvgIpc) is 1.64. The molecule has 8 heavy (non-hydrogen) atoms. The van der Waals surface area contributed by atoms with Gasteiger partial charge in [-0.1, -0.05) is 0 Å². The molecule has 1 rings (SSSR count). The van der Waals surface area contributed by atoms with Crippen LogP contribution in [0.3, 0.4) is 0 Å². The highest BCUT2D eigenvalue weighted by Gasteiger charge is 2.15. The molecule has 1 aliphatic rings. The zero-order valence-corrected chi connectivity index (χ0v) is 6.37. The molecule has 1 fully saturated rings. The van der Waals surface area contributed by atoms with E-state index in [1.807, 2.05) is 0 Å². The van der Waals surface area contributed by atoms with Crippen LogP contribution in [0, 0.1) is 0 Å². The van der Waals surface area contributed by atoms with Crippen molar-refractivity contribution in [3.63, 3.8) is 0 Å². The molecule has 1 aliphatic heterocycles. The molecule has 1 nitrogen and oxygen atoms in total. The van der Waals surface area contributed by atoms with Crippen molar-refractivity contribution in [2.45, 2.75) is 16.9 Å². The van der Waals surface area contributed by atoms with E-state index >= 15 is 0 Å². The molecule has 0 aliphatic carbocycles. The highest BCUT2D eigenvalue weighted by molar-refractivity contribution is 7.82. The molecule has 0 saturated carbocycles. The van der Waals surface area contributed by atoms with Gasteiger partial charge in [0.05, 0.1) is 13.2 Å². The molecule has 48 valence electrons. The van der Waals surface area contributed by atoms with Crippen molar-refractivity contribution in [2.24, 2.45) is 0 Å². The number of rotatable bonds is 0. The van der Waals surface area contributed by atoms with Gasteiger partial charge < -0.3 is 4.74 Å². The molecule has 0 aromatic carbocycles. The van der Waals surface area contributed by atoms with Gasteiger partial charge in [-0.15, -0.1) is 0 Å². The predicted octanol–water partition coefficient (Wildman–Crippen LogP) is 1.00. The zero-order valence-electron chi connectivity index (χ0n) is 4.58. The van der Waals surface area contributed by atoms with Crippen molar-refractivity contribution in [1.29, 1.82) is 0 Å². The summed E-state index contributed by atoms with van der Waals surface area (Å²) in [6.07, 6.45) is 1.08. The Balaban J connectivity index is 2.23. The van der Waals surface area contributed by atoms with Crippen LogP contribution in [-0.2, 0) is 4.74 Å². The SMILES string of the molecule is SC1COCC(S)C1. The minimum absolute atomic E-state index is 0.409. The second kappa shape index (κ2) is 2.99. The summed E-state index contributed by atoms with van der Waals surface area (Å²) in [5.74, 6) is 0. The summed E-state index contributed by atoms with van der Waals surface area (Å²) in [5.41, 5.74) is 0. The minimum atomic E-state index is 0.409. The maximum absolute atomic E-state index is 5.14. The molecule has 0 radical (unpaired) electrons. The molecular weight excluding hydrogens is 140 g/mol. The molecule has 1 saturated heterocycles. The van der Waals surface area contributed by atoms with Gasteiger partial charge in [-0.05, 0) is 6.42 Å². The van der Waals surface area contributed by atoms with Gasteiger partial charge in [0.2, 0.25) is 0 Å². The second-order valence-corrected chi connectivity index (χ2v) is 3.54. The number of hydrogen-bond donors (Lipinski definition) is 2. The molecule has 0 N–H and O–H groups in total. The first-order chi connectivity index (χ1) is 3.79. The molecular formula is C5H10OS2. The van der Waals surface area contributed by atoms with Gasteiger partial charge in [-0.2, -0.15) is 25.3 Å². The minimum Gasteiger partial charge on any atom is -0.379 e. The molecule has 0 aromatic heterocycles. The Bertz CT molecular complexity index is 68.8. The smallest absolute Gasteiger partial charge is 0.0583 e. The predicted molar refractivity (Wildman–Crippen MR) is 41.0 cm³/mol. The lowest BCUT2D eigenvalue weighted by Crippen LogP contribution is -2.26. The van der Waals surface area contributed by atoms with Gasteiger partial charge in [0, 0.05) is 10.5 Å². The Morgan fingerprint density at radius 2 is 1.62 bits per heavy atom. The maximum Gasteiger partial charge on any atom is 0.0583 e. The van der Waals surface area contributed by atoms with Crippen LogP contribution in [0.2, 0.25) is 0 Å². The molecule has 0 spiro atoms. The third kappa shape index (κ3) is 1.88. The molecule has 1 heterocycles. The van der Waals surface area contributed by atoms with Crippen LogP contribution in [0.4, 0.5) is 0 Å². The molecule has 2 atom stereocenters. The van der Waals surface area contributed by atoms with Gasteiger partial charge in [-0.3, -0.25) is 0 Å². The van der Waals surface area contributed by atoms with Crippen LogP contribution in [0.15, 0.2) is 0 Å². The fraction of sp³-hybridized carbons (Fsp3) is 1.00. The van der Waals surface area contributed by atoms with E-state index in [1.165, 1.54) is 0 Å². The Kier molecular flexibility index (Phi) is 2.53. The van der Waals surface area contributed by atoms with Crippen molar-refractivity contribution in [3.05, 3.63) is 0 Å². The van der Waals surface area contributed by atoms with E-state index in [9.17, 15) is 0 Å². The fourth-order valence-corrected chi connectivity index (χ4v) is 1.68. The first kappa shape index (κ1) is 6.78. The van der Waals surface area contributed by atoms with Crippen LogP contribution in [-0.4, -0.2) is 23.7 Å². The lowest BCUT2D eigenvalue weighted by Gasteiger charge is -2.22. The Morgan fingerprint density at radius 3 is 1.88 bits per heavy atom. The first-order valence-corrected chi connectivity index (χ1v) is 3.76. The average molecular weight is 150 g/mol. The standard InChI is InChI=1S/C5H10OS2/c7-4-1-5(8)3-6-2-4/h4-5,7-8H,1-3H2. The second-order valence-electron chi connectivity index (χ2n) is 2.08. The highest BCUT2D eigenvalue weighted by Crippen LogP contribution is 2.15. The number of hydrogen-bond acceptors (Lipinski definition) is 3. The van der Waals surface area contributed by atoms with E-state index < -0.39 is 0 Å². The monoisotopic (exact) mass is 150 g/mol. The van der Waals surface area contributed by atoms with Crippen LogP contribution < -0.4 is 0 Å². The van der Waals surface area contributed by atoms with Crippen molar-refractivity contribution >= 4 is 25.3 Å².